The van der Waals surface area contributed by atoms with Crippen LogP contribution in [0.1, 0.15) is 37.3 Å². The number of anilines is 1. The Kier molecular flexibility index (Phi) is 9.31. The van der Waals surface area contributed by atoms with Gasteiger partial charge in [-0.25, -0.2) is 13.0 Å². The van der Waals surface area contributed by atoms with Crippen molar-refractivity contribution < 1.29 is 4.39 Å². The maximum absolute atomic E-state index is 14.2. The molecule has 11 heteroatoms. The van der Waals surface area contributed by atoms with E-state index in [0.717, 1.165) is 57.8 Å². The molecule has 0 bridgehead atoms. The standard InChI is InChI=1S/C24H31Cl2FIN7/c1-2-19-15-34(24-21(26)11-17(13-30-24)23(29)31-32-28)9-10-35(19)20-5-7-33(8-6-20)14-16-3-4-18(25)12-22(16)27/h3-4,11-13,19-20,32H,2,5-10,14-15H2,1H3,(H2,29,31)/t19-/m0/s1. The van der Waals surface area contributed by atoms with Crippen molar-refractivity contribution in [2.75, 3.05) is 37.6 Å². The van der Waals surface area contributed by atoms with Gasteiger partial charge < -0.3 is 10.6 Å². The van der Waals surface area contributed by atoms with E-state index in [1.54, 1.807) is 18.3 Å². The zero-order valence-corrected chi connectivity index (χ0v) is 23.4. The van der Waals surface area contributed by atoms with Gasteiger partial charge in [-0.3, -0.25) is 9.80 Å². The summed E-state index contributed by atoms with van der Waals surface area (Å²) in [6.07, 6.45) is 4.95. The van der Waals surface area contributed by atoms with E-state index in [0.29, 0.717) is 45.6 Å². The lowest BCUT2D eigenvalue weighted by Gasteiger charge is -2.47. The number of nitrogens with zero attached hydrogens (tertiary/aromatic N) is 5. The van der Waals surface area contributed by atoms with Crippen LogP contribution in [0.5, 0.6) is 0 Å². The van der Waals surface area contributed by atoms with Crippen molar-refractivity contribution in [1.82, 2.24) is 18.4 Å². The molecule has 3 heterocycles. The number of piperidine rings is 1. The third kappa shape index (κ3) is 6.49. The molecule has 2 aliphatic heterocycles. The molecule has 7 nitrogen and oxygen atoms in total. The Hall–Kier alpha value is -1.40. The molecule has 4 rings (SSSR count). The summed E-state index contributed by atoms with van der Waals surface area (Å²) in [5.74, 6) is 0.920. The van der Waals surface area contributed by atoms with Gasteiger partial charge in [0.05, 0.1) is 27.9 Å². The third-order valence-corrected chi connectivity index (χ3v) is 7.77. The number of hydrogen-bond acceptors (Lipinski definition) is 6. The van der Waals surface area contributed by atoms with Gasteiger partial charge in [0.15, 0.2) is 5.84 Å². The summed E-state index contributed by atoms with van der Waals surface area (Å²) in [4.78, 5) is 11.9. The Bertz CT molecular complexity index is 1050. The zero-order chi connectivity index (χ0) is 24.9. The average Bonchev–Trinajstić information content (AvgIpc) is 2.86. The molecule has 35 heavy (non-hydrogen) atoms. The van der Waals surface area contributed by atoms with Gasteiger partial charge in [-0.2, -0.15) is 5.10 Å². The van der Waals surface area contributed by atoms with Crippen molar-refractivity contribution in [3.05, 3.63) is 57.5 Å². The molecule has 0 spiro atoms. The summed E-state index contributed by atoms with van der Waals surface area (Å²) in [6, 6.07) is 7.75. The summed E-state index contributed by atoms with van der Waals surface area (Å²) in [7, 11) is 0. The number of benzene rings is 1. The second kappa shape index (κ2) is 12.2. The van der Waals surface area contributed by atoms with Gasteiger partial charge in [-0.15, -0.1) is 0 Å². The minimum atomic E-state index is -0.223. The first kappa shape index (κ1) is 26.7. The Balaban J connectivity index is 1.35. The van der Waals surface area contributed by atoms with Crippen LogP contribution in [-0.4, -0.2) is 65.4 Å². The molecule has 0 radical (unpaired) electrons. The fraction of sp³-hybridized carbons (Fsp3) is 0.500. The Labute approximate surface area is 230 Å². The number of hydrazone groups is 1. The molecule has 0 aliphatic carbocycles. The predicted molar refractivity (Wildman–Crippen MR) is 150 cm³/mol. The molecule has 0 amide bonds. The minimum absolute atomic E-state index is 0.223. The smallest absolute Gasteiger partial charge is 0.153 e. The van der Waals surface area contributed by atoms with E-state index in [2.05, 4.69) is 35.3 Å². The van der Waals surface area contributed by atoms with Crippen LogP contribution in [0.15, 0.2) is 35.6 Å². The number of likely N-dealkylation sites (tertiary alicyclic amines) is 1. The lowest BCUT2D eigenvalue weighted by molar-refractivity contribution is 0.0607. The van der Waals surface area contributed by atoms with Crippen LogP contribution in [-0.2, 0) is 6.54 Å². The number of rotatable bonds is 7. The van der Waals surface area contributed by atoms with Crippen molar-refractivity contribution in [2.45, 2.75) is 44.8 Å². The number of halogens is 4. The van der Waals surface area contributed by atoms with Crippen LogP contribution < -0.4 is 14.3 Å². The molecule has 3 N–H and O–H groups in total. The van der Waals surface area contributed by atoms with Gasteiger partial charge in [0.2, 0.25) is 0 Å². The van der Waals surface area contributed by atoms with Crippen LogP contribution in [0.4, 0.5) is 10.2 Å². The maximum Gasteiger partial charge on any atom is 0.153 e. The molecule has 1 aromatic heterocycles. The molecule has 1 atom stereocenters. The minimum Gasteiger partial charge on any atom is -0.382 e. The fourth-order valence-corrected chi connectivity index (χ4v) is 5.82. The van der Waals surface area contributed by atoms with Gasteiger partial charge in [0.1, 0.15) is 11.6 Å². The van der Waals surface area contributed by atoms with Crippen LogP contribution in [0.25, 0.3) is 0 Å². The summed E-state index contributed by atoms with van der Waals surface area (Å²) in [5, 5.41) is 5.01. The quantitative estimate of drug-likeness (QED) is 0.152. The lowest BCUT2D eigenvalue weighted by Crippen LogP contribution is -2.58. The van der Waals surface area contributed by atoms with E-state index < -0.39 is 0 Å². The molecule has 2 saturated heterocycles. The fourth-order valence-electron chi connectivity index (χ4n) is 5.12. The highest BCUT2D eigenvalue weighted by molar-refractivity contribution is 14.1. The van der Waals surface area contributed by atoms with Crippen molar-refractivity contribution >= 4 is 57.7 Å². The van der Waals surface area contributed by atoms with Crippen molar-refractivity contribution in [1.29, 1.82) is 0 Å². The zero-order valence-electron chi connectivity index (χ0n) is 19.7. The highest BCUT2D eigenvalue weighted by atomic mass is 127. The molecule has 2 aromatic rings. The van der Waals surface area contributed by atoms with Crippen LogP contribution >= 0.6 is 46.1 Å². The number of piperazine rings is 1. The Morgan fingerprint density at radius 2 is 2.00 bits per heavy atom. The number of nitrogens with one attached hydrogen (secondary N) is 1. The van der Waals surface area contributed by atoms with E-state index in [1.807, 2.05) is 28.9 Å². The number of aromatic nitrogens is 1. The third-order valence-electron chi connectivity index (χ3n) is 7.01. The second-order valence-corrected chi connectivity index (χ2v) is 10.4. The van der Waals surface area contributed by atoms with Gasteiger partial charge in [0.25, 0.3) is 0 Å². The Morgan fingerprint density at radius 3 is 2.66 bits per heavy atom. The van der Waals surface area contributed by atoms with E-state index in [4.69, 9.17) is 28.9 Å². The molecule has 0 unspecified atom stereocenters. The van der Waals surface area contributed by atoms with E-state index in [9.17, 15) is 4.39 Å². The Morgan fingerprint density at radius 1 is 1.23 bits per heavy atom. The van der Waals surface area contributed by atoms with Gasteiger partial charge in [0, 0.05) is 60.6 Å². The highest BCUT2D eigenvalue weighted by Gasteiger charge is 2.34. The predicted octanol–water partition coefficient (Wildman–Crippen LogP) is 4.65. The van der Waals surface area contributed by atoms with Crippen LogP contribution in [0, 0.1) is 5.82 Å². The summed E-state index contributed by atoms with van der Waals surface area (Å²) >= 11 is 14.4. The first-order valence-corrected chi connectivity index (χ1v) is 13.7. The second-order valence-electron chi connectivity index (χ2n) is 9.10. The largest absolute Gasteiger partial charge is 0.382 e. The van der Waals surface area contributed by atoms with Gasteiger partial charge in [-0.1, -0.05) is 36.2 Å². The summed E-state index contributed by atoms with van der Waals surface area (Å²) in [6.45, 7) is 7.53. The summed E-state index contributed by atoms with van der Waals surface area (Å²) < 4.78 is 16.9. The summed E-state index contributed by atoms with van der Waals surface area (Å²) in [5.41, 5.74) is 7.35. The van der Waals surface area contributed by atoms with E-state index in [-0.39, 0.29) is 5.82 Å². The molecule has 190 valence electrons. The van der Waals surface area contributed by atoms with Crippen molar-refractivity contribution in [3.8, 4) is 0 Å². The molecule has 1 aromatic carbocycles. The maximum atomic E-state index is 14.2. The van der Waals surface area contributed by atoms with Crippen molar-refractivity contribution in [3.63, 3.8) is 0 Å². The number of pyridine rings is 1. The van der Waals surface area contributed by atoms with E-state index >= 15 is 0 Å². The van der Waals surface area contributed by atoms with Crippen molar-refractivity contribution in [2.24, 2.45) is 10.8 Å². The van der Waals surface area contributed by atoms with Crippen LogP contribution in [0.2, 0.25) is 10.0 Å². The van der Waals surface area contributed by atoms with Crippen LogP contribution in [0.3, 0.4) is 0 Å². The lowest BCUT2D eigenvalue weighted by atomic mass is 9.97. The SMILES string of the molecule is CC[C@H]1CN(c2ncc(/C(N)=N/NI)cc2Cl)CCN1C1CCN(Cc2ccc(Cl)cc2F)CC1. The molecule has 0 saturated carbocycles. The first-order valence-electron chi connectivity index (χ1n) is 11.9. The highest BCUT2D eigenvalue weighted by Crippen LogP contribution is 2.30. The number of nitrogens with two attached hydrogens (primary N) is 1. The monoisotopic (exact) mass is 633 g/mol. The van der Waals surface area contributed by atoms with E-state index in [1.165, 1.54) is 6.07 Å². The van der Waals surface area contributed by atoms with Gasteiger partial charge in [-0.05, 0) is 50.6 Å². The average molecular weight is 634 g/mol. The number of hydrogen-bond donors (Lipinski definition) is 2. The molecular formula is C24H31Cl2FIN7. The van der Waals surface area contributed by atoms with Gasteiger partial charge >= 0.3 is 0 Å². The molecular weight excluding hydrogens is 603 g/mol. The number of amidine groups is 1. The molecule has 2 fully saturated rings. The molecule has 2 aliphatic rings. The normalized spacial score (nSPS) is 20.9. The first-order chi connectivity index (χ1) is 16.9. The topological polar surface area (TPSA) is 73.0 Å².